The number of rotatable bonds is 6. The maximum Gasteiger partial charge on any atom is 0.127 e. The van der Waals surface area contributed by atoms with Gasteiger partial charge in [-0.05, 0) is 35.9 Å². The molecule has 2 aromatic carbocycles. The molecule has 5 heteroatoms. The minimum absolute atomic E-state index is 0.253. The van der Waals surface area contributed by atoms with Crippen LogP contribution >= 0.6 is 27.5 Å². The molecule has 0 saturated carbocycles. The largest absolute Gasteiger partial charge is 0.490 e. The van der Waals surface area contributed by atoms with Gasteiger partial charge in [0.15, 0.2) is 0 Å². The SMILES string of the molecule is Fc1cc(CCl)cc(OCCOc2cccc(Br)c2)c1. The Morgan fingerprint density at radius 3 is 2.45 bits per heavy atom. The molecular formula is C15H13BrClFO2. The third-order valence-electron chi connectivity index (χ3n) is 2.50. The predicted octanol–water partition coefficient (Wildman–Crippen LogP) is 4.78. The first-order valence-electron chi connectivity index (χ1n) is 6.04. The molecule has 0 N–H and O–H groups in total. The van der Waals surface area contributed by atoms with Crippen molar-refractivity contribution < 1.29 is 13.9 Å². The van der Waals surface area contributed by atoms with Crippen molar-refractivity contribution in [2.24, 2.45) is 0 Å². The van der Waals surface area contributed by atoms with Crippen LogP contribution in [0.5, 0.6) is 11.5 Å². The Morgan fingerprint density at radius 2 is 1.75 bits per heavy atom. The van der Waals surface area contributed by atoms with Gasteiger partial charge in [0.25, 0.3) is 0 Å². The third-order valence-corrected chi connectivity index (χ3v) is 3.30. The lowest BCUT2D eigenvalue weighted by atomic mass is 10.2. The van der Waals surface area contributed by atoms with Crippen LogP contribution in [0.15, 0.2) is 46.9 Å². The Balaban J connectivity index is 1.82. The summed E-state index contributed by atoms with van der Waals surface area (Å²) in [6.07, 6.45) is 0. The van der Waals surface area contributed by atoms with E-state index < -0.39 is 0 Å². The molecule has 2 aromatic rings. The lowest BCUT2D eigenvalue weighted by molar-refractivity contribution is 0.216. The van der Waals surface area contributed by atoms with Gasteiger partial charge in [-0.25, -0.2) is 4.39 Å². The first-order valence-corrected chi connectivity index (χ1v) is 7.37. The highest BCUT2D eigenvalue weighted by molar-refractivity contribution is 9.10. The lowest BCUT2D eigenvalue weighted by Crippen LogP contribution is -2.09. The summed E-state index contributed by atoms with van der Waals surface area (Å²) in [5, 5.41) is 0. The van der Waals surface area contributed by atoms with Crippen LogP contribution in [0.25, 0.3) is 0 Å². The fraction of sp³-hybridized carbons (Fsp3) is 0.200. The van der Waals surface area contributed by atoms with Crippen molar-refractivity contribution in [1.82, 2.24) is 0 Å². The van der Waals surface area contributed by atoms with Crippen molar-refractivity contribution in [2.75, 3.05) is 13.2 Å². The van der Waals surface area contributed by atoms with Gasteiger partial charge >= 0.3 is 0 Å². The molecule has 0 aromatic heterocycles. The number of halogens is 3. The van der Waals surface area contributed by atoms with Gasteiger partial charge in [0.2, 0.25) is 0 Å². The molecule has 0 atom stereocenters. The molecule has 2 rings (SSSR count). The first kappa shape index (κ1) is 15.1. The summed E-state index contributed by atoms with van der Waals surface area (Å²) in [6, 6.07) is 12.0. The first-order chi connectivity index (χ1) is 9.67. The summed E-state index contributed by atoms with van der Waals surface area (Å²) < 4.78 is 25.2. The van der Waals surface area contributed by atoms with Crippen LogP contribution in [-0.2, 0) is 5.88 Å². The molecule has 0 aliphatic carbocycles. The van der Waals surface area contributed by atoms with Gasteiger partial charge in [-0.15, -0.1) is 11.6 Å². The second kappa shape index (κ2) is 7.50. The molecule has 0 aliphatic rings. The fourth-order valence-corrected chi connectivity index (χ4v) is 2.19. The van der Waals surface area contributed by atoms with Crippen molar-refractivity contribution in [2.45, 2.75) is 5.88 Å². The quantitative estimate of drug-likeness (QED) is 0.545. The zero-order chi connectivity index (χ0) is 14.4. The molecule has 20 heavy (non-hydrogen) atoms. The minimum atomic E-state index is -0.356. The molecule has 0 unspecified atom stereocenters. The van der Waals surface area contributed by atoms with E-state index in [0.717, 1.165) is 10.2 Å². The molecule has 0 fully saturated rings. The molecule has 0 heterocycles. The van der Waals surface area contributed by atoms with Crippen LogP contribution < -0.4 is 9.47 Å². The Kier molecular flexibility index (Phi) is 5.68. The molecule has 106 valence electrons. The lowest BCUT2D eigenvalue weighted by Gasteiger charge is -2.09. The van der Waals surface area contributed by atoms with E-state index in [4.69, 9.17) is 21.1 Å². The van der Waals surface area contributed by atoms with E-state index in [1.807, 2.05) is 24.3 Å². The van der Waals surface area contributed by atoms with Crippen LogP contribution in [0.1, 0.15) is 5.56 Å². The fourth-order valence-electron chi connectivity index (χ4n) is 1.66. The van der Waals surface area contributed by atoms with Crippen molar-refractivity contribution in [1.29, 1.82) is 0 Å². The molecular weight excluding hydrogens is 347 g/mol. The van der Waals surface area contributed by atoms with Crippen molar-refractivity contribution in [3.63, 3.8) is 0 Å². The summed E-state index contributed by atoms with van der Waals surface area (Å²) in [4.78, 5) is 0. The van der Waals surface area contributed by atoms with Gasteiger partial charge in [0, 0.05) is 16.4 Å². The number of alkyl halides is 1. The number of ether oxygens (including phenoxy) is 2. The van der Waals surface area contributed by atoms with Gasteiger partial charge in [-0.1, -0.05) is 22.0 Å². The van der Waals surface area contributed by atoms with E-state index in [2.05, 4.69) is 15.9 Å². The average Bonchev–Trinajstić information content (AvgIpc) is 2.43. The summed E-state index contributed by atoms with van der Waals surface area (Å²) in [5.74, 6) is 1.11. The summed E-state index contributed by atoms with van der Waals surface area (Å²) >= 11 is 9.04. The van der Waals surface area contributed by atoms with Crippen LogP contribution in [0.4, 0.5) is 4.39 Å². The van der Waals surface area contributed by atoms with Crippen LogP contribution in [0.3, 0.4) is 0 Å². The van der Waals surface area contributed by atoms with Crippen LogP contribution in [0, 0.1) is 5.82 Å². The van der Waals surface area contributed by atoms with E-state index >= 15 is 0 Å². The number of hydrogen-bond donors (Lipinski definition) is 0. The third kappa shape index (κ3) is 4.69. The number of benzene rings is 2. The molecule has 0 radical (unpaired) electrons. The molecule has 2 nitrogen and oxygen atoms in total. The van der Waals surface area contributed by atoms with Crippen LogP contribution in [-0.4, -0.2) is 13.2 Å². The smallest absolute Gasteiger partial charge is 0.127 e. The normalized spacial score (nSPS) is 10.3. The van der Waals surface area contributed by atoms with Crippen molar-refractivity contribution in [3.8, 4) is 11.5 Å². The van der Waals surface area contributed by atoms with Gasteiger partial charge in [0.05, 0.1) is 0 Å². The van der Waals surface area contributed by atoms with E-state index in [0.29, 0.717) is 24.5 Å². The van der Waals surface area contributed by atoms with E-state index in [9.17, 15) is 4.39 Å². The van der Waals surface area contributed by atoms with E-state index in [1.165, 1.54) is 12.1 Å². The maximum atomic E-state index is 13.3. The topological polar surface area (TPSA) is 18.5 Å². The van der Waals surface area contributed by atoms with Gasteiger partial charge in [-0.3, -0.25) is 0 Å². The molecule has 0 bridgehead atoms. The Labute approximate surface area is 130 Å². The standard InChI is InChI=1S/C15H13BrClFO2/c16-12-2-1-3-14(8-12)19-4-5-20-15-7-11(10-17)6-13(18)9-15/h1-3,6-9H,4-5,10H2. The minimum Gasteiger partial charge on any atom is -0.490 e. The molecule has 0 amide bonds. The second-order valence-corrected chi connectivity index (χ2v) is 5.27. The van der Waals surface area contributed by atoms with Crippen molar-refractivity contribution >= 4 is 27.5 Å². The van der Waals surface area contributed by atoms with E-state index in [-0.39, 0.29) is 11.7 Å². The second-order valence-electron chi connectivity index (χ2n) is 4.08. The Bertz CT molecular complexity index is 578. The highest BCUT2D eigenvalue weighted by Gasteiger charge is 2.02. The molecule has 0 saturated heterocycles. The highest BCUT2D eigenvalue weighted by Crippen LogP contribution is 2.19. The monoisotopic (exact) mass is 358 g/mol. The maximum absolute atomic E-state index is 13.3. The predicted molar refractivity (Wildman–Crippen MR) is 81.1 cm³/mol. The summed E-state index contributed by atoms with van der Waals surface area (Å²) in [7, 11) is 0. The average molecular weight is 360 g/mol. The molecule has 0 aliphatic heterocycles. The summed E-state index contributed by atoms with van der Waals surface area (Å²) in [5.41, 5.74) is 0.689. The molecule has 0 spiro atoms. The van der Waals surface area contributed by atoms with E-state index in [1.54, 1.807) is 6.07 Å². The summed E-state index contributed by atoms with van der Waals surface area (Å²) in [6.45, 7) is 0.709. The highest BCUT2D eigenvalue weighted by atomic mass is 79.9. The zero-order valence-corrected chi connectivity index (χ0v) is 13.0. The van der Waals surface area contributed by atoms with Gasteiger partial charge < -0.3 is 9.47 Å². The van der Waals surface area contributed by atoms with Gasteiger partial charge in [-0.2, -0.15) is 0 Å². The Hall–Kier alpha value is -1.26. The number of hydrogen-bond acceptors (Lipinski definition) is 2. The van der Waals surface area contributed by atoms with Crippen molar-refractivity contribution in [3.05, 3.63) is 58.3 Å². The zero-order valence-electron chi connectivity index (χ0n) is 10.6. The van der Waals surface area contributed by atoms with Crippen LogP contribution in [0.2, 0.25) is 0 Å². The van der Waals surface area contributed by atoms with Gasteiger partial charge in [0.1, 0.15) is 30.5 Å². The Morgan fingerprint density at radius 1 is 1.00 bits per heavy atom.